The summed E-state index contributed by atoms with van der Waals surface area (Å²) in [7, 11) is 0. The molecule has 0 unspecified atom stereocenters. The summed E-state index contributed by atoms with van der Waals surface area (Å²) < 4.78 is 5.58. The predicted octanol–water partition coefficient (Wildman–Crippen LogP) is 2.83. The van der Waals surface area contributed by atoms with Gasteiger partial charge in [0.1, 0.15) is 11.3 Å². The largest absolute Gasteiger partial charge is 0.482 e. The van der Waals surface area contributed by atoms with Crippen molar-refractivity contribution in [2.75, 3.05) is 6.61 Å². The van der Waals surface area contributed by atoms with E-state index in [0.29, 0.717) is 11.3 Å². The van der Waals surface area contributed by atoms with Gasteiger partial charge in [0.2, 0.25) is 0 Å². The molecule has 2 aromatic carbocycles. The maximum absolute atomic E-state index is 12.0. The predicted molar refractivity (Wildman–Crippen MR) is 86.7 cm³/mol. The zero-order valence-electron chi connectivity index (χ0n) is 12.9. The molecule has 0 spiro atoms. The number of amides is 1. The molecule has 3 rings (SSSR count). The summed E-state index contributed by atoms with van der Waals surface area (Å²) >= 11 is 0. The fraction of sp³-hybridized carbons (Fsp3) is 0.333. The van der Waals surface area contributed by atoms with Crippen molar-refractivity contribution in [1.29, 1.82) is 0 Å². The van der Waals surface area contributed by atoms with E-state index >= 15 is 0 Å². The van der Waals surface area contributed by atoms with Crippen molar-refractivity contribution in [2.45, 2.75) is 25.8 Å². The highest BCUT2D eigenvalue weighted by molar-refractivity contribution is 6.00. The van der Waals surface area contributed by atoms with Crippen LogP contribution in [0.1, 0.15) is 30.1 Å². The molecule has 0 radical (unpaired) electrons. The van der Waals surface area contributed by atoms with E-state index in [1.54, 1.807) is 12.1 Å². The molecule has 0 bridgehead atoms. The third kappa shape index (κ3) is 3.44. The second-order valence-corrected chi connectivity index (χ2v) is 5.95. The first-order chi connectivity index (χ1) is 11.1. The van der Waals surface area contributed by atoms with Crippen molar-refractivity contribution < 1.29 is 19.4 Å². The Balaban J connectivity index is 1.79. The van der Waals surface area contributed by atoms with Crippen molar-refractivity contribution in [3.05, 3.63) is 42.0 Å². The molecule has 0 aliphatic heterocycles. The Labute approximate surface area is 134 Å². The van der Waals surface area contributed by atoms with Gasteiger partial charge in [0.05, 0.1) is 0 Å². The number of fused-ring (bicyclic) bond motifs is 1. The quantitative estimate of drug-likeness (QED) is 0.860. The molecule has 5 heteroatoms. The average Bonchev–Trinajstić information content (AvgIpc) is 3.37. The number of carboxylic acids is 1. The summed E-state index contributed by atoms with van der Waals surface area (Å²) in [6.45, 7) is 1.79. The summed E-state index contributed by atoms with van der Waals surface area (Å²) in [5.41, 5.74) is 0.0618. The first kappa shape index (κ1) is 15.3. The molecule has 1 atom stereocenters. The minimum Gasteiger partial charge on any atom is -0.482 e. The molecule has 1 saturated carbocycles. The molecule has 0 aromatic heterocycles. The van der Waals surface area contributed by atoms with E-state index in [0.717, 1.165) is 18.2 Å². The molecule has 1 fully saturated rings. The normalized spacial score (nSPS) is 15.2. The van der Waals surface area contributed by atoms with Crippen molar-refractivity contribution in [1.82, 2.24) is 5.32 Å². The lowest BCUT2D eigenvalue weighted by molar-refractivity contribution is -0.123. The Kier molecular flexibility index (Phi) is 4.19. The van der Waals surface area contributed by atoms with E-state index in [1.807, 2.05) is 25.1 Å². The maximum Gasteiger partial charge on any atom is 0.339 e. The Hall–Kier alpha value is -2.56. The van der Waals surface area contributed by atoms with Crippen LogP contribution < -0.4 is 10.1 Å². The second-order valence-electron chi connectivity index (χ2n) is 5.95. The second kappa shape index (κ2) is 6.28. The first-order valence-electron chi connectivity index (χ1n) is 7.73. The standard InChI is InChI=1S/C18H19NO4/c1-11(12-6-7-12)19-16(20)10-23-17-14-5-3-2-4-13(14)8-9-15(17)18(21)22/h2-5,8-9,11-12H,6-7,10H2,1H3,(H,19,20)(H,21,22)/t11-/m0/s1. The van der Waals surface area contributed by atoms with Gasteiger partial charge in [-0.25, -0.2) is 4.79 Å². The number of carbonyl (C=O) groups is 2. The van der Waals surface area contributed by atoms with E-state index in [2.05, 4.69) is 5.32 Å². The van der Waals surface area contributed by atoms with Gasteiger partial charge in [-0.1, -0.05) is 30.3 Å². The summed E-state index contributed by atoms with van der Waals surface area (Å²) in [6.07, 6.45) is 2.30. The molecule has 1 aliphatic rings. The van der Waals surface area contributed by atoms with Gasteiger partial charge in [-0.15, -0.1) is 0 Å². The van der Waals surface area contributed by atoms with Crippen LogP contribution in [0.4, 0.5) is 0 Å². The van der Waals surface area contributed by atoms with Crippen LogP contribution in [0.3, 0.4) is 0 Å². The Morgan fingerprint density at radius 1 is 1.26 bits per heavy atom. The van der Waals surface area contributed by atoms with Crippen LogP contribution in [0.15, 0.2) is 36.4 Å². The Bertz CT molecular complexity index is 752. The number of rotatable bonds is 6. The topological polar surface area (TPSA) is 75.6 Å². The summed E-state index contributed by atoms with van der Waals surface area (Å²) in [5, 5.41) is 13.8. The van der Waals surface area contributed by atoms with Crippen LogP contribution in [0.2, 0.25) is 0 Å². The molecule has 2 N–H and O–H groups in total. The van der Waals surface area contributed by atoms with Crippen LogP contribution in [0.25, 0.3) is 10.8 Å². The highest BCUT2D eigenvalue weighted by Crippen LogP contribution is 2.32. The molecule has 1 aliphatic carbocycles. The van der Waals surface area contributed by atoms with Crippen LogP contribution in [0, 0.1) is 5.92 Å². The van der Waals surface area contributed by atoms with E-state index in [1.165, 1.54) is 6.07 Å². The van der Waals surface area contributed by atoms with Gasteiger partial charge in [0.15, 0.2) is 6.61 Å². The third-order valence-electron chi connectivity index (χ3n) is 4.18. The van der Waals surface area contributed by atoms with Crippen LogP contribution >= 0.6 is 0 Å². The molecular weight excluding hydrogens is 294 g/mol. The number of carboxylic acid groups (broad SMARTS) is 1. The zero-order valence-corrected chi connectivity index (χ0v) is 12.9. The molecular formula is C18H19NO4. The fourth-order valence-electron chi connectivity index (χ4n) is 2.71. The van der Waals surface area contributed by atoms with Gasteiger partial charge in [-0.05, 0) is 37.1 Å². The van der Waals surface area contributed by atoms with Crippen LogP contribution in [-0.2, 0) is 4.79 Å². The van der Waals surface area contributed by atoms with Gasteiger partial charge in [-0.3, -0.25) is 4.79 Å². The smallest absolute Gasteiger partial charge is 0.339 e. The van der Waals surface area contributed by atoms with Crippen molar-refractivity contribution in [2.24, 2.45) is 5.92 Å². The van der Waals surface area contributed by atoms with Gasteiger partial charge in [0.25, 0.3) is 5.91 Å². The molecule has 2 aromatic rings. The number of benzene rings is 2. The monoisotopic (exact) mass is 313 g/mol. The van der Waals surface area contributed by atoms with Gasteiger partial charge in [-0.2, -0.15) is 0 Å². The van der Waals surface area contributed by atoms with Crippen molar-refractivity contribution >= 4 is 22.6 Å². The van der Waals surface area contributed by atoms with E-state index in [-0.39, 0.29) is 29.9 Å². The molecule has 23 heavy (non-hydrogen) atoms. The molecule has 120 valence electrons. The maximum atomic E-state index is 12.0. The lowest BCUT2D eigenvalue weighted by Crippen LogP contribution is -2.37. The average molecular weight is 313 g/mol. The Morgan fingerprint density at radius 2 is 2.00 bits per heavy atom. The lowest BCUT2D eigenvalue weighted by Gasteiger charge is -2.15. The van der Waals surface area contributed by atoms with Crippen LogP contribution in [-0.4, -0.2) is 29.6 Å². The molecule has 5 nitrogen and oxygen atoms in total. The molecule has 1 amide bonds. The van der Waals surface area contributed by atoms with Gasteiger partial charge < -0.3 is 15.2 Å². The number of nitrogens with one attached hydrogen (secondary N) is 1. The number of carbonyl (C=O) groups excluding carboxylic acids is 1. The Morgan fingerprint density at radius 3 is 2.70 bits per heavy atom. The lowest BCUT2D eigenvalue weighted by atomic mass is 10.1. The number of aromatic carboxylic acids is 1. The zero-order chi connectivity index (χ0) is 16.4. The first-order valence-corrected chi connectivity index (χ1v) is 7.73. The van der Waals surface area contributed by atoms with E-state index < -0.39 is 5.97 Å². The minimum atomic E-state index is -1.07. The van der Waals surface area contributed by atoms with Crippen molar-refractivity contribution in [3.63, 3.8) is 0 Å². The highest BCUT2D eigenvalue weighted by Gasteiger charge is 2.29. The summed E-state index contributed by atoms with van der Waals surface area (Å²) in [4.78, 5) is 23.4. The number of hydrogen-bond acceptors (Lipinski definition) is 3. The number of hydrogen-bond donors (Lipinski definition) is 2. The summed E-state index contributed by atoms with van der Waals surface area (Å²) in [5.74, 6) is -0.498. The molecule has 0 saturated heterocycles. The molecule has 0 heterocycles. The van der Waals surface area contributed by atoms with E-state index in [4.69, 9.17) is 4.74 Å². The van der Waals surface area contributed by atoms with Gasteiger partial charge >= 0.3 is 5.97 Å². The SMILES string of the molecule is C[C@H](NC(=O)COc1c(C(=O)O)ccc2ccccc12)C1CC1. The van der Waals surface area contributed by atoms with Gasteiger partial charge in [0, 0.05) is 11.4 Å². The number of ether oxygens (including phenoxy) is 1. The van der Waals surface area contributed by atoms with Crippen molar-refractivity contribution in [3.8, 4) is 5.75 Å². The fourth-order valence-corrected chi connectivity index (χ4v) is 2.71. The van der Waals surface area contributed by atoms with Crippen LogP contribution in [0.5, 0.6) is 5.75 Å². The minimum absolute atomic E-state index is 0.0618. The van der Waals surface area contributed by atoms with E-state index in [9.17, 15) is 14.7 Å². The summed E-state index contributed by atoms with van der Waals surface area (Å²) in [6, 6.07) is 10.7. The third-order valence-corrected chi connectivity index (χ3v) is 4.18. The highest BCUT2D eigenvalue weighted by atomic mass is 16.5.